The molecule has 5 nitrogen and oxygen atoms in total. The van der Waals surface area contributed by atoms with Gasteiger partial charge in [-0.25, -0.2) is 4.98 Å². The summed E-state index contributed by atoms with van der Waals surface area (Å²) < 4.78 is 2.12. The van der Waals surface area contributed by atoms with Crippen LogP contribution in [0.5, 0.6) is 0 Å². The number of nitrogens with one attached hydrogen (secondary N) is 1. The Hall–Kier alpha value is -2.60. The van der Waals surface area contributed by atoms with Gasteiger partial charge in [-0.3, -0.25) is 9.36 Å². The van der Waals surface area contributed by atoms with Crippen LogP contribution in [0.25, 0.3) is 5.13 Å². The summed E-state index contributed by atoms with van der Waals surface area (Å²) in [4.78, 5) is 19.6. The maximum atomic E-state index is 12.5. The van der Waals surface area contributed by atoms with Gasteiger partial charge in [0.2, 0.25) is 5.91 Å². The van der Waals surface area contributed by atoms with Crippen LogP contribution in [0.4, 0.5) is 11.4 Å². The largest absolute Gasteiger partial charge is 0.371 e. The van der Waals surface area contributed by atoms with Crippen molar-refractivity contribution < 1.29 is 4.79 Å². The number of carbonyl (C=O) groups excluding carboxylic acids is 1. The number of benzene rings is 1. The molecule has 1 aliphatic rings. The maximum Gasteiger partial charge on any atom is 0.230 e. The maximum absolute atomic E-state index is 12.5. The lowest BCUT2D eigenvalue weighted by atomic mass is 10.1. The molecule has 0 radical (unpaired) electrons. The third kappa shape index (κ3) is 3.83. The molecule has 1 fully saturated rings. The Morgan fingerprint density at radius 2 is 1.82 bits per heavy atom. The lowest BCUT2D eigenvalue weighted by Crippen LogP contribution is -2.19. The van der Waals surface area contributed by atoms with E-state index in [4.69, 9.17) is 0 Å². The van der Waals surface area contributed by atoms with Gasteiger partial charge >= 0.3 is 0 Å². The SMILES string of the molecule is Cc1cc(NC(=O)Cc2csc(-n3c(C)ccc3C)n2)ccc1N1CCCC1. The minimum atomic E-state index is -0.0360. The molecule has 0 atom stereocenters. The molecule has 0 bridgehead atoms. The summed E-state index contributed by atoms with van der Waals surface area (Å²) >= 11 is 1.57. The van der Waals surface area contributed by atoms with Crippen molar-refractivity contribution in [2.45, 2.75) is 40.0 Å². The van der Waals surface area contributed by atoms with Gasteiger partial charge in [-0.05, 0) is 69.5 Å². The Labute approximate surface area is 170 Å². The first-order chi connectivity index (χ1) is 13.5. The number of nitrogens with zero attached hydrogens (tertiary/aromatic N) is 3. The Balaban J connectivity index is 1.41. The fourth-order valence-corrected chi connectivity index (χ4v) is 4.81. The number of carbonyl (C=O) groups is 1. The Morgan fingerprint density at radius 1 is 1.11 bits per heavy atom. The highest BCUT2D eigenvalue weighted by Gasteiger charge is 2.15. The fourth-order valence-electron chi connectivity index (χ4n) is 3.87. The number of anilines is 2. The second-order valence-corrected chi connectivity index (χ2v) is 8.33. The van der Waals surface area contributed by atoms with Crippen LogP contribution < -0.4 is 10.2 Å². The third-order valence-corrected chi connectivity index (χ3v) is 6.15. The van der Waals surface area contributed by atoms with Crippen LogP contribution in [-0.2, 0) is 11.2 Å². The van der Waals surface area contributed by atoms with E-state index < -0.39 is 0 Å². The van der Waals surface area contributed by atoms with Crippen LogP contribution in [0.3, 0.4) is 0 Å². The van der Waals surface area contributed by atoms with E-state index in [2.05, 4.69) is 64.8 Å². The molecule has 28 heavy (non-hydrogen) atoms. The number of thiazole rings is 1. The Morgan fingerprint density at radius 3 is 2.50 bits per heavy atom. The van der Waals surface area contributed by atoms with Crippen LogP contribution in [0.15, 0.2) is 35.7 Å². The second-order valence-electron chi connectivity index (χ2n) is 7.49. The van der Waals surface area contributed by atoms with E-state index in [-0.39, 0.29) is 12.3 Å². The fraction of sp³-hybridized carbons (Fsp3) is 0.364. The lowest BCUT2D eigenvalue weighted by Gasteiger charge is -2.20. The molecule has 1 amide bonds. The molecule has 1 saturated heterocycles. The minimum Gasteiger partial charge on any atom is -0.371 e. The van der Waals surface area contributed by atoms with Crippen molar-refractivity contribution in [1.82, 2.24) is 9.55 Å². The smallest absolute Gasteiger partial charge is 0.230 e. The molecular formula is C22H26N4OS. The zero-order valence-corrected chi connectivity index (χ0v) is 17.5. The van der Waals surface area contributed by atoms with Gasteiger partial charge in [0.15, 0.2) is 5.13 Å². The third-order valence-electron chi connectivity index (χ3n) is 5.27. The van der Waals surface area contributed by atoms with Gasteiger partial charge in [-0.15, -0.1) is 11.3 Å². The summed E-state index contributed by atoms with van der Waals surface area (Å²) in [6, 6.07) is 10.3. The van der Waals surface area contributed by atoms with Crippen molar-refractivity contribution in [3.63, 3.8) is 0 Å². The van der Waals surface area contributed by atoms with Crippen molar-refractivity contribution in [3.8, 4) is 5.13 Å². The monoisotopic (exact) mass is 394 g/mol. The van der Waals surface area contributed by atoms with Crippen molar-refractivity contribution in [2.75, 3.05) is 23.3 Å². The van der Waals surface area contributed by atoms with Gasteiger partial charge in [0.05, 0.1) is 12.1 Å². The lowest BCUT2D eigenvalue weighted by molar-refractivity contribution is -0.115. The van der Waals surface area contributed by atoms with Gasteiger partial charge < -0.3 is 10.2 Å². The summed E-state index contributed by atoms with van der Waals surface area (Å²) in [5.41, 5.74) is 6.42. The molecule has 1 aromatic carbocycles. The van der Waals surface area contributed by atoms with E-state index in [0.29, 0.717) is 0 Å². The minimum absolute atomic E-state index is 0.0360. The van der Waals surface area contributed by atoms with Crippen LogP contribution in [0.2, 0.25) is 0 Å². The molecule has 0 aliphatic carbocycles. The zero-order valence-electron chi connectivity index (χ0n) is 16.7. The number of hydrogen-bond donors (Lipinski definition) is 1. The second kappa shape index (κ2) is 7.80. The van der Waals surface area contributed by atoms with Crippen molar-refractivity contribution in [3.05, 3.63) is 58.4 Å². The number of hydrogen-bond acceptors (Lipinski definition) is 4. The van der Waals surface area contributed by atoms with E-state index in [1.54, 1.807) is 11.3 Å². The first kappa shape index (κ1) is 18.7. The van der Waals surface area contributed by atoms with Crippen molar-refractivity contribution in [2.24, 2.45) is 0 Å². The summed E-state index contributed by atoms with van der Waals surface area (Å²) in [6.07, 6.45) is 2.80. The molecule has 4 rings (SSSR count). The molecule has 3 aromatic rings. The molecule has 0 spiro atoms. The molecule has 3 heterocycles. The van der Waals surface area contributed by atoms with E-state index in [1.165, 1.54) is 24.1 Å². The number of rotatable bonds is 5. The molecular weight excluding hydrogens is 368 g/mol. The predicted octanol–water partition coefficient (Wildman–Crippen LogP) is 4.64. The molecule has 6 heteroatoms. The first-order valence-corrected chi connectivity index (χ1v) is 10.6. The molecule has 0 unspecified atom stereocenters. The van der Waals surface area contributed by atoms with E-state index in [9.17, 15) is 4.79 Å². The highest BCUT2D eigenvalue weighted by Crippen LogP contribution is 2.27. The average molecular weight is 395 g/mol. The van der Waals surface area contributed by atoms with Crippen molar-refractivity contribution >= 4 is 28.6 Å². The highest BCUT2D eigenvalue weighted by molar-refractivity contribution is 7.12. The van der Waals surface area contributed by atoms with E-state index in [1.807, 2.05) is 11.4 Å². The molecule has 1 N–H and O–H groups in total. The van der Waals surface area contributed by atoms with Crippen LogP contribution in [0, 0.1) is 20.8 Å². The molecule has 0 saturated carbocycles. The van der Waals surface area contributed by atoms with Crippen LogP contribution in [0.1, 0.15) is 35.5 Å². The molecule has 2 aromatic heterocycles. The van der Waals surface area contributed by atoms with Gasteiger partial charge in [-0.1, -0.05) is 0 Å². The number of amides is 1. The zero-order chi connectivity index (χ0) is 19.7. The molecule has 146 valence electrons. The van der Waals surface area contributed by atoms with Gasteiger partial charge in [0, 0.05) is 41.2 Å². The first-order valence-electron chi connectivity index (χ1n) is 9.76. The number of aryl methyl sites for hydroxylation is 3. The van der Waals surface area contributed by atoms with Crippen LogP contribution >= 0.6 is 11.3 Å². The van der Waals surface area contributed by atoms with E-state index >= 15 is 0 Å². The standard InChI is InChI=1S/C22H26N4OS/c1-15-12-18(8-9-20(15)25-10-4-5-11-25)23-21(27)13-19-14-28-22(24-19)26-16(2)6-7-17(26)3/h6-9,12,14H,4-5,10-11,13H2,1-3H3,(H,23,27). The average Bonchev–Trinajstić information content (AvgIpc) is 3.38. The summed E-state index contributed by atoms with van der Waals surface area (Å²) in [6.45, 7) is 8.49. The normalized spacial score (nSPS) is 13.9. The van der Waals surface area contributed by atoms with Gasteiger partial charge in [-0.2, -0.15) is 0 Å². The summed E-state index contributed by atoms with van der Waals surface area (Å²) in [5, 5.41) is 5.89. The predicted molar refractivity (Wildman–Crippen MR) is 116 cm³/mol. The van der Waals surface area contributed by atoms with Crippen LogP contribution in [-0.4, -0.2) is 28.5 Å². The van der Waals surface area contributed by atoms with Gasteiger partial charge in [0.25, 0.3) is 0 Å². The van der Waals surface area contributed by atoms with Gasteiger partial charge in [0.1, 0.15) is 0 Å². The van der Waals surface area contributed by atoms with Crippen molar-refractivity contribution in [1.29, 1.82) is 0 Å². The highest BCUT2D eigenvalue weighted by atomic mass is 32.1. The summed E-state index contributed by atoms with van der Waals surface area (Å²) in [7, 11) is 0. The summed E-state index contributed by atoms with van der Waals surface area (Å²) in [5.74, 6) is -0.0360. The topological polar surface area (TPSA) is 50.2 Å². The van der Waals surface area contributed by atoms with E-state index in [0.717, 1.165) is 41.0 Å². The quantitative estimate of drug-likeness (QED) is 0.686. The Bertz CT molecular complexity index is 978. The number of aromatic nitrogens is 2. The molecule has 1 aliphatic heterocycles. The Kier molecular flexibility index (Phi) is 5.22.